The largest absolute Gasteiger partial charge is 0.497 e. The minimum absolute atomic E-state index is 0.470. The molecule has 2 fully saturated rings. The Labute approximate surface area is 291 Å². The second-order valence-corrected chi connectivity index (χ2v) is 13.9. The van der Waals surface area contributed by atoms with Gasteiger partial charge in [0.25, 0.3) is 0 Å². The summed E-state index contributed by atoms with van der Waals surface area (Å²) in [6.07, 6.45) is 8.95. The Hall–Kier alpha value is -4.88. The topological polar surface area (TPSA) is 40.2 Å². The minimum atomic E-state index is -0.990. The maximum Gasteiger partial charge on any atom is 0.178 e. The highest BCUT2D eigenvalue weighted by Gasteiger charge is 2.50. The van der Waals surface area contributed by atoms with Gasteiger partial charge in [-0.1, -0.05) is 49.6 Å². The van der Waals surface area contributed by atoms with E-state index in [4.69, 9.17) is 18.9 Å². The van der Waals surface area contributed by atoms with Crippen LogP contribution in [-0.2, 0) is 15.8 Å². The first-order chi connectivity index (χ1) is 24.5. The van der Waals surface area contributed by atoms with Crippen LogP contribution < -0.4 is 19.1 Å². The second kappa shape index (κ2) is 11.9. The van der Waals surface area contributed by atoms with Crippen LogP contribution in [0.15, 0.2) is 84.9 Å². The van der Waals surface area contributed by atoms with Crippen LogP contribution in [0.2, 0.25) is 0 Å². The first kappa shape index (κ1) is 31.1. The van der Waals surface area contributed by atoms with Crippen LogP contribution in [0.3, 0.4) is 0 Å². The Morgan fingerprint density at radius 1 is 0.720 bits per heavy atom. The monoisotopic (exact) mass is 671 g/mol. The number of rotatable bonds is 5. The molecule has 254 valence electrons. The summed E-state index contributed by atoms with van der Waals surface area (Å²) in [5, 5.41) is 1.74. The molecule has 2 aliphatic heterocycles. The summed E-state index contributed by atoms with van der Waals surface area (Å²) in [7, 11) is 3.31. The molecule has 9 rings (SSSR count). The van der Waals surface area contributed by atoms with Gasteiger partial charge in [-0.05, 0) is 89.5 Å². The molecule has 1 spiro atoms. The zero-order chi connectivity index (χ0) is 34.0. The van der Waals surface area contributed by atoms with Crippen molar-refractivity contribution >= 4 is 22.5 Å². The zero-order valence-electron chi connectivity index (χ0n) is 28.4. The highest BCUT2D eigenvalue weighted by molar-refractivity contribution is 6.09. The van der Waals surface area contributed by atoms with Crippen molar-refractivity contribution < 1.29 is 27.7 Å². The highest BCUT2D eigenvalue weighted by Crippen LogP contribution is 2.63. The van der Waals surface area contributed by atoms with Gasteiger partial charge in [-0.25, -0.2) is 8.78 Å². The van der Waals surface area contributed by atoms with Gasteiger partial charge in [0.1, 0.15) is 28.9 Å². The van der Waals surface area contributed by atoms with Gasteiger partial charge in [-0.15, -0.1) is 0 Å². The van der Waals surface area contributed by atoms with E-state index in [0.717, 1.165) is 101 Å². The van der Waals surface area contributed by atoms with E-state index in [1.807, 2.05) is 30.3 Å². The fourth-order valence-electron chi connectivity index (χ4n) is 9.12. The van der Waals surface area contributed by atoms with Crippen LogP contribution >= 0.6 is 0 Å². The fraction of sp³-hybridized carbons (Fsp3) is 0.302. The number of benzene rings is 5. The van der Waals surface area contributed by atoms with Gasteiger partial charge in [-0.3, -0.25) is 0 Å². The van der Waals surface area contributed by atoms with Gasteiger partial charge in [0, 0.05) is 57.9 Å². The number of halogens is 2. The maximum atomic E-state index is 16.2. The lowest BCUT2D eigenvalue weighted by Crippen LogP contribution is -2.37. The van der Waals surface area contributed by atoms with Gasteiger partial charge in [0.15, 0.2) is 5.60 Å². The first-order valence-electron chi connectivity index (χ1n) is 17.6. The van der Waals surface area contributed by atoms with E-state index in [1.165, 1.54) is 6.07 Å². The molecule has 50 heavy (non-hydrogen) atoms. The number of ether oxygens (including phenoxy) is 4. The molecule has 0 bridgehead atoms. The molecule has 1 atom stereocenters. The average molecular weight is 672 g/mol. The summed E-state index contributed by atoms with van der Waals surface area (Å²) < 4.78 is 55.6. The lowest BCUT2D eigenvalue weighted by atomic mass is 9.66. The van der Waals surface area contributed by atoms with Gasteiger partial charge in [0.05, 0.1) is 27.4 Å². The highest BCUT2D eigenvalue weighted by atomic mass is 19.1. The third kappa shape index (κ3) is 4.59. The molecule has 1 unspecified atom stereocenters. The van der Waals surface area contributed by atoms with E-state index in [0.29, 0.717) is 35.8 Å². The molecule has 0 amide bonds. The van der Waals surface area contributed by atoms with E-state index < -0.39 is 22.7 Å². The molecule has 0 aromatic heterocycles. The van der Waals surface area contributed by atoms with E-state index in [2.05, 4.69) is 53.5 Å². The summed E-state index contributed by atoms with van der Waals surface area (Å²) in [6.45, 7) is 3.12. The Morgan fingerprint density at radius 3 is 2.10 bits per heavy atom. The molecule has 0 radical (unpaired) electrons. The molecule has 1 saturated heterocycles. The van der Waals surface area contributed by atoms with Crippen LogP contribution in [0.25, 0.3) is 28.0 Å². The predicted octanol–water partition coefficient (Wildman–Crippen LogP) is 9.55. The van der Waals surface area contributed by atoms with Crippen LogP contribution in [0.4, 0.5) is 14.5 Å². The van der Waals surface area contributed by atoms with Gasteiger partial charge in [0.2, 0.25) is 0 Å². The summed E-state index contributed by atoms with van der Waals surface area (Å²) >= 11 is 0. The number of anilines is 1. The molecule has 5 nitrogen and oxygen atoms in total. The SMILES string of the molecule is COc1ccc(C2(c3ccc(N4CCOCC4)cc3)C=Cc3c4c(c5ccc(OC)cc5c3O2)-c2cc(F)cc(F)c2C42CCCCC2)cc1. The van der Waals surface area contributed by atoms with Gasteiger partial charge in [-0.2, -0.15) is 0 Å². The lowest BCUT2D eigenvalue weighted by Gasteiger charge is -2.41. The van der Waals surface area contributed by atoms with Crippen LogP contribution in [0.5, 0.6) is 17.2 Å². The number of morpholine rings is 1. The van der Waals surface area contributed by atoms with E-state index in [-0.39, 0.29) is 0 Å². The Morgan fingerprint density at radius 2 is 1.40 bits per heavy atom. The smallest absolute Gasteiger partial charge is 0.178 e. The Kier molecular flexibility index (Phi) is 7.39. The second-order valence-electron chi connectivity index (χ2n) is 13.9. The molecule has 5 aromatic rings. The van der Waals surface area contributed by atoms with Crippen molar-refractivity contribution in [3.05, 3.63) is 124 Å². The van der Waals surface area contributed by atoms with Crippen molar-refractivity contribution in [2.75, 3.05) is 45.4 Å². The average Bonchev–Trinajstić information content (AvgIpc) is 3.44. The number of hydrogen-bond donors (Lipinski definition) is 0. The maximum absolute atomic E-state index is 16.2. The van der Waals surface area contributed by atoms with Crippen molar-refractivity contribution in [1.82, 2.24) is 0 Å². The number of fused-ring (bicyclic) bond motifs is 10. The molecule has 5 aromatic carbocycles. The normalized spacial score (nSPS) is 20.3. The van der Waals surface area contributed by atoms with E-state index in [9.17, 15) is 0 Å². The standard InChI is InChI=1S/C43H39F2NO4/c1-47-31-12-8-28(9-13-31)43(27-6-10-30(11-7-27)46-20-22-49-23-21-46)19-16-34-40-38(33-15-14-32(48-2)26-35(33)41(34)50-43)36-24-29(44)25-37(45)39(36)42(40)17-4-3-5-18-42/h6-16,19,24-26H,3-5,17-18,20-23H2,1-2H3. The first-order valence-corrected chi connectivity index (χ1v) is 17.6. The molecule has 2 aliphatic carbocycles. The summed E-state index contributed by atoms with van der Waals surface area (Å²) in [6, 6.07) is 25.2. The molecule has 7 heteroatoms. The Balaban J connectivity index is 1.31. The minimum Gasteiger partial charge on any atom is -0.497 e. The van der Waals surface area contributed by atoms with Crippen molar-refractivity contribution in [3.8, 4) is 28.4 Å². The Bertz CT molecular complexity index is 2150. The van der Waals surface area contributed by atoms with Crippen molar-refractivity contribution in [1.29, 1.82) is 0 Å². The molecule has 0 N–H and O–H groups in total. The van der Waals surface area contributed by atoms with Crippen molar-refractivity contribution in [2.24, 2.45) is 0 Å². The van der Waals surface area contributed by atoms with Gasteiger partial charge < -0.3 is 23.8 Å². The number of nitrogens with zero attached hydrogens (tertiary/aromatic N) is 1. The van der Waals surface area contributed by atoms with Crippen LogP contribution in [0.1, 0.15) is 59.9 Å². The third-order valence-electron chi connectivity index (χ3n) is 11.4. The zero-order valence-corrected chi connectivity index (χ0v) is 28.4. The molecule has 4 aliphatic rings. The number of methoxy groups -OCH3 is 2. The molecule has 1 saturated carbocycles. The van der Waals surface area contributed by atoms with E-state index >= 15 is 8.78 Å². The summed E-state index contributed by atoms with van der Waals surface area (Å²) in [5.41, 5.74) is 5.64. The molecular weight excluding hydrogens is 632 g/mol. The van der Waals surface area contributed by atoms with E-state index in [1.54, 1.807) is 14.2 Å². The van der Waals surface area contributed by atoms with Gasteiger partial charge >= 0.3 is 0 Å². The van der Waals surface area contributed by atoms with Crippen molar-refractivity contribution in [2.45, 2.75) is 43.1 Å². The third-order valence-corrected chi connectivity index (χ3v) is 11.4. The number of hydrogen-bond acceptors (Lipinski definition) is 5. The van der Waals surface area contributed by atoms with Crippen LogP contribution in [-0.4, -0.2) is 40.5 Å². The lowest BCUT2D eigenvalue weighted by molar-refractivity contribution is 0.122. The predicted molar refractivity (Wildman–Crippen MR) is 193 cm³/mol. The quantitative estimate of drug-likeness (QED) is 0.186. The fourth-order valence-corrected chi connectivity index (χ4v) is 9.12. The van der Waals surface area contributed by atoms with Crippen molar-refractivity contribution in [3.63, 3.8) is 0 Å². The summed E-state index contributed by atoms with van der Waals surface area (Å²) in [5.74, 6) is 1.11. The van der Waals surface area contributed by atoms with Crippen LogP contribution in [0, 0.1) is 11.6 Å². The molecular formula is C43H39F2NO4. The summed E-state index contributed by atoms with van der Waals surface area (Å²) in [4.78, 5) is 2.34. The molecule has 2 heterocycles.